The van der Waals surface area contributed by atoms with E-state index in [1.807, 2.05) is 18.2 Å². The van der Waals surface area contributed by atoms with Crippen molar-refractivity contribution in [2.75, 3.05) is 12.4 Å². The molecule has 0 spiro atoms. The second-order valence-electron chi connectivity index (χ2n) is 7.78. The maximum Gasteiger partial charge on any atom is 0.267 e. The lowest BCUT2D eigenvalue weighted by molar-refractivity contribution is -0.128. The van der Waals surface area contributed by atoms with Crippen LogP contribution in [0.25, 0.3) is 0 Å². The molecule has 0 aromatic heterocycles. The fraction of sp³-hybridized carbons (Fsp3) is 0.200. The van der Waals surface area contributed by atoms with Crippen LogP contribution in [0.4, 0.5) is 5.69 Å². The normalized spacial score (nSPS) is 15.8. The van der Waals surface area contributed by atoms with E-state index < -0.39 is 27.9 Å². The minimum Gasteiger partial charge on any atom is -0.496 e. The minimum atomic E-state index is -4.24. The van der Waals surface area contributed by atoms with E-state index in [4.69, 9.17) is 9.47 Å². The Labute approximate surface area is 198 Å². The number of carbonyl (C=O) groups is 2. The number of rotatable bonds is 7. The molecule has 0 saturated carbocycles. The van der Waals surface area contributed by atoms with Gasteiger partial charge in [-0.2, -0.15) is 0 Å². The van der Waals surface area contributed by atoms with Crippen molar-refractivity contribution in [3.05, 3.63) is 78.4 Å². The number of hydrogen-bond donors (Lipinski definition) is 1. The highest BCUT2D eigenvalue weighted by molar-refractivity contribution is 7.89. The number of benzene rings is 3. The second-order valence-corrected chi connectivity index (χ2v) is 9.60. The smallest absolute Gasteiger partial charge is 0.267 e. The van der Waals surface area contributed by atoms with Gasteiger partial charge < -0.3 is 14.8 Å². The number of sulfonamides is 1. The number of carbonyl (C=O) groups excluding carboxylic acids is 2. The van der Waals surface area contributed by atoms with Crippen molar-refractivity contribution in [1.29, 1.82) is 0 Å². The molecule has 0 radical (unpaired) electrons. The Balaban J connectivity index is 1.59. The molecule has 1 atom stereocenters. The average Bonchev–Trinajstić information content (AvgIpc) is 3.23. The topological polar surface area (TPSA) is 102 Å². The van der Waals surface area contributed by atoms with Crippen molar-refractivity contribution in [3.8, 4) is 17.2 Å². The van der Waals surface area contributed by atoms with E-state index in [0.717, 1.165) is 0 Å². The highest BCUT2D eigenvalue weighted by Gasteiger charge is 2.44. The van der Waals surface area contributed by atoms with Crippen LogP contribution in [-0.2, 0) is 19.6 Å². The molecule has 0 bridgehead atoms. The molecular formula is C25H24N2O6S. The summed E-state index contributed by atoms with van der Waals surface area (Å²) in [7, 11) is -2.76. The summed E-state index contributed by atoms with van der Waals surface area (Å²) in [5.41, 5.74) is 0.969. The predicted molar refractivity (Wildman–Crippen MR) is 126 cm³/mol. The summed E-state index contributed by atoms with van der Waals surface area (Å²) in [6, 6.07) is 19.0. The Morgan fingerprint density at radius 1 is 1.00 bits per heavy atom. The molecule has 176 valence electrons. The van der Waals surface area contributed by atoms with Crippen LogP contribution >= 0.6 is 0 Å². The van der Waals surface area contributed by atoms with E-state index in [1.54, 1.807) is 43.3 Å². The molecule has 3 aromatic carbocycles. The van der Waals surface area contributed by atoms with Crippen molar-refractivity contribution in [2.24, 2.45) is 0 Å². The van der Waals surface area contributed by atoms with Gasteiger partial charge in [0.05, 0.1) is 17.7 Å². The van der Waals surface area contributed by atoms with E-state index >= 15 is 0 Å². The van der Waals surface area contributed by atoms with Gasteiger partial charge in [-0.3, -0.25) is 9.59 Å². The Hall–Kier alpha value is -3.85. The number of para-hydroxylation sites is 3. The van der Waals surface area contributed by atoms with Crippen LogP contribution in [0.1, 0.15) is 18.4 Å². The molecule has 1 aliphatic rings. The number of anilines is 1. The van der Waals surface area contributed by atoms with E-state index in [1.165, 1.54) is 25.3 Å². The monoisotopic (exact) mass is 480 g/mol. The molecule has 3 aromatic rings. The molecule has 0 unspecified atom stereocenters. The number of nitrogens with one attached hydrogen (secondary N) is 1. The lowest BCUT2D eigenvalue weighted by Crippen LogP contribution is -2.45. The lowest BCUT2D eigenvalue weighted by Gasteiger charge is -2.24. The summed E-state index contributed by atoms with van der Waals surface area (Å²) in [6.07, 6.45) is 0.0371. The van der Waals surface area contributed by atoms with Gasteiger partial charge in [-0.25, -0.2) is 12.7 Å². The first-order chi connectivity index (χ1) is 16.3. The minimum absolute atomic E-state index is 0.0470. The van der Waals surface area contributed by atoms with Crippen LogP contribution in [0.2, 0.25) is 0 Å². The highest BCUT2D eigenvalue weighted by atomic mass is 32.2. The number of hydrogen-bond acceptors (Lipinski definition) is 6. The Kier molecular flexibility index (Phi) is 6.56. The quantitative estimate of drug-likeness (QED) is 0.546. The van der Waals surface area contributed by atoms with E-state index in [-0.39, 0.29) is 17.7 Å². The maximum atomic E-state index is 13.3. The Morgan fingerprint density at radius 2 is 1.71 bits per heavy atom. The summed E-state index contributed by atoms with van der Waals surface area (Å²) in [6.45, 7) is 1.71. The van der Waals surface area contributed by atoms with Gasteiger partial charge in [0.1, 0.15) is 17.5 Å². The third-order valence-electron chi connectivity index (χ3n) is 5.50. The molecule has 9 heteroatoms. The average molecular weight is 481 g/mol. The van der Waals surface area contributed by atoms with Crippen molar-refractivity contribution in [3.63, 3.8) is 0 Å². The standard InChI is InChI=1S/C25H24N2O6S/c1-17-16-19(12-14-22(17)32-2)34(30,31)27-21(13-15-24(27)28)25(29)26-20-10-6-7-11-23(20)33-18-8-4-3-5-9-18/h3-12,14,16,21H,13,15H2,1-2H3,(H,26,29)/t21-/m0/s1. The molecule has 4 rings (SSSR count). The van der Waals surface area contributed by atoms with E-state index in [0.29, 0.717) is 32.8 Å². The summed E-state index contributed by atoms with van der Waals surface area (Å²) in [5, 5.41) is 2.73. The zero-order valence-corrected chi connectivity index (χ0v) is 19.5. The summed E-state index contributed by atoms with van der Waals surface area (Å²) in [5.74, 6) is 0.271. The van der Waals surface area contributed by atoms with Crippen LogP contribution in [0.5, 0.6) is 17.2 Å². The number of methoxy groups -OCH3 is 1. The lowest BCUT2D eigenvalue weighted by atomic mass is 10.2. The first-order valence-electron chi connectivity index (χ1n) is 10.7. The molecule has 1 heterocycles. The highest BCUT2D eigenvalue weighted by Crippen LogP contribution is 2.33. The molecule has 8 nitrogen and oxygen atoms in total. The van der Waals surface area contributed by atoms with Crippen LogP contribution in [0, 0.1) is 6.92 Å². The third-order valence-corrected chi connectivity index (χ3v) is 7.33. The zero-order chi connectivity index (χ0) is 24.3. The van der Waals surface area contributed by atoms with Crippen molar-refractivity contribution < 1.29 is 27.5 Å². The fourth-order valence-electron chi connectivity index (χ4n) is 3.82. The van der Waals surface area contributed by atoms with Crippen LogP contribution in [0.3, 0.4) is 0 Å². The van der Waals surface area contributed by atoms with Gasteiger partial charge in [0.15, 0.2) is 5.75 Å². The number of aryl methyl sites for hydroxylation is 1. The maximum absolute atomic E-state index is 13.3. The van der Waals surface area contributed by atoms with Crippen molar-refractivity contribution in [1.82, 2.24) is 4.31 Å². The van der Waals surface area contributed by atoms with Gasteiger partial charge in [0, 0.05) is 6.42 Å². The predicted octanol–water partition coefficient (Wildman–Crippen LogP) is 4.11. The van der Waals surface area contributed by atoms with Gasteiger partial charge in [-0.05, 0) is 61.4 Å². The molecular weight excluding hydrogens is 456 g/mol. The molecule has 1 N–H and O–H groups in total. The molecule has 1 aliphatic heterocycles. The van der Waals surface area contributed by atoms with E-state index in [2.05, 4.69) is 5.32 Å². The fourth-order valence-corrected chi connectivity index (χ4v) is 5.50. The summed E-state index contributed by atoms with van der Waals surface area (Å²) in [4.78, 5) is 25.7. The largest absolute Gasteiger partial charge is 0.496 e. The van der Waals surface area contributed by atoms with Crippen molar-refractivity contribution >= 4 is 27.5 Å². The van der Waals surface area contributed by atoms with Gasteiger partial charge in [0.2, 0.25) is 11.8 Å². The summed E-state index contributed by atoms with van der Waals surface area (Å²) < 4.78 is 38.4. The zero-order valence-electron chi connectivity index (χ0n) is 18.7. The van der Waals surface area contributed by atoms with Crippen molar-refractivity contribution in [2.45, 2.75) is 30.7 Å². The van der Waals surface area contributed by atoms with E-state index in [9.17, 15) is 18.0 Å². The van der Waals surface area contributed by atoms with Gasteiger partial charge in [-0.1, -0.05) is 30.3 Å². The SMILES string of the molecule is COc1ccc(S(=O)(=O)N2C(=O)CC[C@H]2C(=O)Nc2ccccc2Oc2ccccc2)cc1C. The van der Waals surface area contributed by atoms with Gasteiger partial charge in [-0.15, -0.1) is 0 Å². The molecule has 0 aliphatic carbocycles. The van der Waals surface area contributed by atoms with Crippen LogP contribution < -0.4 is 14.8 Å². The molecule has 34 heavy (non-hydrogen) atoms. The van der Waals surface area contributed by atoms with Gasteiger partial charge >= 0.3 is 0 Å². The van der Waals surface area contributed by atoms with Crippen LogP contribution in [0.15, 0.2) is 77.7 Å². The molecule has 1 saturated heterocycles. The molecule has 1 fully saturated rings. The Morgan fingerprint density at radius 3 is 2.41 bits per heavy atom. The number of amides is 2. The number of ether oxygens (including phenoxy) is 2. The first-order valence-corrected chi connectivity index (χ1v) is 12.1. The van der Waals surface area contributed by atoms with Crippen LogP contribution in [-0.4, -0.2) is 37.7 Å². The number of nitrogens with zero attached hydrogens (tertiary/aromatic N) is 1. The Bertz CT molecular complexity index is 1320. The first kappa shape index (κ1) is 23.3. The summed E-state index contributed by atoms with van der Waals surface area (Å²) >= 11 is 0. The molecule has 2 amide bonds. The second kappa shape index (κ2) is 9.56. The third kappa shape index (κ3) is 4.60. The van der Waals surface area contributed by atoms with Gasteiger partial charge in [0.25, 0.3) is 10.0 Å².